The van der Waals surface area contributed by atoms with Gasteiger partial charge in [-0.3, -0.25) is 4.79 Å². The zero-order chi connectivity index (χ0) is 26.8. The Labute approximate surface area is 225 Å². The predicted octanol–water partition coefficient (Wildman–Crippen LogP) is 7.40. The Kier molecular flexibility index (Phi) is 8.59. The zero-order valence-corrected chi connectivity index (χ0v) is 24.6. The molecular formula is C30H41BrN2O3. The lowest BCUT2D eigenvalue weighted by Gasteiger charge is -2.28. The highest BCUT2D eigenvalue weighted by atomic mass is 79.9. The number of ketones is 1. The summed E-state index contributed by atoms with van der Waals surface area (Å²) < 4.78 is 10.2. The maximum absolute atomic E-state index is 13.7. The van der Waals surface area contributed by atoms with E-state index >= 15 is 0 Å². The monoisotopic (exact) mass is 556 g/mol. The van der Waals surface area contributed by atoms with Gasteiger partial charge in [0.2, 0.25) is 0 Å². The first-order chi connectivity index (χ1) is 16.8. The molecule has 0 bridgehead atoms. The van der Waals surface area contributed by atoms with E-state index in [1.807, 2.05) is 30.3 Å². The Bertz CT molecular complexity index is 1090. The van der Waals surface area contributed by atoms with Crippen LogP contribution in [0, 0.1) is 5.92 Å². The number of carbonyl (C=O) groups excluding carboxylic acids is 1. The summed E-state index contributed by atoms with van der Waals surface area (Å²) in [7, 11) is 1.69. The van der Waals surface area contributed by atoms with Gasteiger partial charge in [-0.05, 0) is 41.4 Å². The molecule has 0 spiro atoms. The minimum absolute atomic E-state index is 0.0237. The van der Waals surface area contributed by atoms with Crippen LogP contribution in [0.2, 0.25) is 0 Å². The van der Waals surface area contributed by atoms with Crippen molar-refractivity contribution in [2.24, 2.45) is 9.94 Å². The average Bonchev–Trinajstić information content (AvgIpc) is 3.14. The standard InChI is InChI=1S/C30H41BrN2O3/c1-9-12-19-17-33(28(32-31)26(19)21-13-10-11-14-25(21)36-8)18-24(34)20-15-22(29(2,3)4)27(35)23(16-20)30(5,6)7/h10-11,13-16,19,26,35H,9,12,17-18H2,1-8H3/t19-,26-/m0/s1. The van der Waals surface area contributed by atoms with Gasteiger partial charge < -0.3 is 14.7 Å². The van der Waals surface area contributed by atoms with Crippen LogP contribution in [0.25, 0.3) is 0 Å². The quantitative estimate of drug-likeness (QED) is 0.361. The fraction of sp³-hybridized carbons (Fsp3) is 0.533. The first-order valence-electron chi connectivity index (χ1n) is 12.8. The van der Waals surface area contributed by atoms with Crippen LogP contribution in [0.4, 0.5) is 0 Å². The van der Waals surface area contributed by atoms with E-state index in [9.17, 15) is 9.90 Å². The Hall–Kier alpha value is -2.34. The number of amidine groups is 1. The summed E-state index contributed by atoms with van der Waals surface area (Å²) in [4.78, 5) is 15.9. The molecule has 6 heteroatoms. The van der Waals surface area contributed by atoms with Crippen LogP contribution >= 0.6 is 16.1 Å². The molecule has 0 aromatic heterocycles. The molecule has 1 saturated heterocycles. The molecule has 196 valence electrons. The van der Waals surface area contributed by atoms with Gasteiger partial charge in [-0.25, -0.2) is 0 Å². The van der Waals surface area contributed by atoms with E-state index < -0.39 is 0 Å². The van der Waals surface area contributed by atoms with Crippen LogP contribution in [0.5, 0.6) is 11.5 Å². The molecule has 0 radical (unpaired) electrons. The minimum Gasteiger partial charge on any atom is -0.507 e. The summed E-state index contributed by atoms with van der Waals surface area (Å²) in [5.41, 5.74) is 2.73. The van der Waals surface area contributed by atoms with Crippen LogP contribution in [0.1, 0.15) is 94.3 Å². The van der Waals surface area contributed by atoms with Gasteiger partial charge in [0.05, 0.1) is 35.7 Å². The van der Waals surface area contributed by atoms with E-state index in [4.69, 9.17) is 4.74 Å². The van der Waals surface area contributed by atoms with Gasteiger partial charge in [0, 0.05) is 28.8 Å². The number of methoxy groups -OCH3 is 1. The number of nitrogens with zero attached hydrogens (tertiary/aromatic N) is 2. The number of Topliss-reactive ketones (excluding diaryl/α,β-unsaturated/α-hetero) is 1. The Morgan fingerprint density at radius 3 is 2.19 bits per heavy atom. The van der Waals surface area contributed by atoms with Gasteiger partial charge in [-0.1, -0.05) is 73.1 Å². The third-order valence-electron chi connectivity index (χ3n) is 7.13. The number of aromatic hydroxyl groups is 1. The molecule has 3 rings (SSSR count). The van der Waals surface area contributed by atoms with Crippen LogP contribution in [-0.4, -0.2) is 41.8 Å². The summed E-state index contributed by atoms with van der Waals surface area (Å²) in [6.07, 6.45) is 2.08. The van der Waals surface area contributed by atoms with Crippen molar-refractivity contribution in [2.75, 3.05) is 20.2 Å². The largest absolute Gasteiger partial charge is 0.507 e. The maximum Gasteiger partial charge on any atom is 0.182 e. The molecule has 1 fully saturated rings. The number of carbonyl (C=O) groups is 1. The van der Waals surface area contributed by atoms with E-state index in [2.05, 4.69) is 79.6 Å². The Balaban J connectivity index is 2.01. The van der Waals surface area contributed by atoms with Gasteiger partial charge in [-0.2, -0.15) is 4.02 Å². The minimum atomic E-state index is -0.294. The van der Waals surface area contributed by atoms with Crippen molar-refractivity contribution in [3.63, 3.8) is 0 Å². The van der Waals surface area contributed by atoms with E-state index in [0.717, 1.165) is 47.7 Å². The molecule has 36 heavy (non-hydrogen) atoms. The number of para-hydroxylation sites is 1. The van der Waals surface area contributed by atoms with Crippen molar-refractivity contribution >= 4 is 27.8 Å². The lowest BCUT2D eigenvalue weighted by Crippen LogP contribution is -2.32. The number of rotatable bonds is 7. The SMILES string of the molecule is CCC[C@H]1CN(CC(=O)c2cc(C(C)(C)C)c(O)c(C(C)(C)C)c2)C(=NBr)[C@@H]1c1ccccc1OC. The Morgan fingerprint density at radius 1 is 1.11 bits per heavy atom. The summed E-state index contributed by atoms with van der Waals surface area (Å²) in [5, 5.41) is 11.1. The normalized spacial score (nSPS) is 19.7. The molecule has 0 aliphatic carbocycles. The maximum atomic E-state index is 13.7. The van der Waals surface area contributed by atoms with E-state index in [1.165, 1.54) is 0 Å². The Morgan fingerprint density at radius 2 is 1.69 bits per heavy atom. The number of halogens is 1. The molecule has 1 aliphatic heterocycles. The number of benzene rings is 2. The first-order valence-corrected chi connectivity index (χ1v) is 13.5. The zero-order valence-electron chi connectivity index (χ0n) is 23.0. The van der Waals surface area contributed by atoms with Crippen LogP contribution in [0.3, 0.4) is 0 Å². The molecule has 1 N–H and O–H groups in total. The molecule has 5 nitrogen and oxygen atoms in total. The number of phenols is 1. The second-order valence-electron chi connectivity index (χ2n) is 11.9. The summed E-state index contributed by atoms with van der Waals surface area (Å²) in [6.45, 7) is 15.5. The lowest BCUT2D eigenvalue weighted by molar-refractivity contribution is 0.0963. The summed E-state index contributed by atoms with van der Waals surface area (Å²) >= 11 is 3.37. The molecular weight excluding hydrogens is 516 g/mol. The van der Waals surface area contributed by atoms with Crippen molar-refractivity contribution in [3.8, 4) is 11.5 Å². The van der Waals surface area contributed by atoms with Crippen molar-refractivity contribution in [1.82, 2.24) is 4.90 Å². The molecule has 0 amide bonds. The van der Waals surface area contributed by atoms with Crippen LogP contribution in [-0.2, 0) is 10.8 Å². The van der Waals surface area contributed by atoms with Crippen molar-refractivity contribution in [3.05, 3.63) is 58.7 Å². The highest BCUT2D eigenvalue weighted by molar-refractivity contribution is 9.08. The van der Waals surface area contributed by atoms with Gasteiger partial charge in [0.1, 0.15) is 17.3 Å². The van der Waals surface area contributed by atoms with Gasteiger partial charge >= 0.3 is 0 Å². The van der Waals surface area contributed by atoms with Gasteiger partial charge in [0.15, 0.2) is 5.78 Å². The van der Waals surface area contributed by atoms with Gasteiger partial charge in [0.25, 0.3) is 0 Å². The first kappa shape index (κ1) is 28.2. The third kappa shape index (κ3) is 5.80. The van der Waals surface area contributed by atoms with Crippen molar-refractivity contribution < 1.29 is 14.6 Å². The van der Waals surface area contributed by atoms with Crippen LogP contribution < -0.4 is 4.74 Å². The molecule has 1 aliphatic rings. The number of likely N-dealkylation sites (tertiary alicyclic amines) is 1. The fourth-order valence-electron chi connectivity index (χ4n) is 5.29. The summed E-state index contributed by atoms with van der Waals surface area (Å²) in [6, 6.07) is 11.8. The third-order valence-corrected chi connectivity index (χ3v) is 7.49. The predicted molar refractivity (Wildman–Crippen MR) is 152 cm³/mol. The van der Waals surface area contributed by atoms with Crippen molar-refractivity contribution in [1.29, 1.82) is 0 Å². The fourth-order valence-corrected chi connectivity index (χ4v) is 5.73. The van der Waals surface area contributed by atoms with Crippen LogP contribution in [0.15, 0.2) is 40.4 Å². The lowest BCUT2D eigenvalue weighted by atomic mass is 9.78. The molecule has 0 unspecified atom stereocenters. The number of hydrogen-bond donors (Lipinski definition) is 1. The molecule has 2 aromatic rings. The second kappa shape index (κ2) is 11.0. The van der Waals surface area contributed by atoms with E-state index in [0.29, 0.717) is 11.5 Å². The smallest absolute Gasteiger partial charge is 0.182 e. The van der Waals surface area contributed by atoms with E-state index in [-0.39, 0.29) is 34.8 Å². The highest BCUT2D eigenvalue weighted by Crippen LogP contribution is 2.43. The molecule has 1 heterocycles. The van der Waals surface area contributed by atoms with E-state index in [1.54, 1.807) is 7.11 Å². The average molecular weight is 558 g/mol. The van der Waals surface area contributed by atoms with Gasteiger partial charge in [-0.15, -0.1) is 0 Å². The molecule has 2 aromatic carbocycles. The van der Waals surface area contributed by atoms with Crippen molar-refractivity contribution in [2.45, 2.75) is 78.1 Å². The number of hydrogen-bond acceptors (Lipinski definition) is 4. The molecule has 2 atom stereocenters. The number of phenolic OH excluding ortho intramolecular Hbond substituents is 1. The highest BCUT2D eigenvalue weighted by Gasteiger charge is 2.41. The second-order valence-corrected chi connectivity index (χ2v) is 12.3. The summed E-state index contributed by atoms with van der Waals surface area (Å²) in [5.74, 6) is 2.38. The molecule has 0 saturated carbocycles. The number of ether oxygens (including phenoxy) is 1. The topological polar surface area (TPSA) is 62.1 Å².